The second kappa shape index (κ2) is 4.45. The summed E-state index contributed by atoms with van der Waals surface area (Å²) in [6, 6.07) is 0. The summed E-state index contributed by atoms with van der Waals surface area (Å²) in [6.45, 7) is 2.18. The first-order valence-electron chi connectivity index (χ1n) is 6.31. The van der Waals surface area contributed by atoms with E-state index in [9.17, 15) is 0 Å². The molecule has 2 saturated carbocycles. The maximum Gasteiger partial charge on any atom is 0.156 e. The summed E-state index contributed by atoms with van der Waals surface area (Å²) in [6.07, 6.45) is 9.30. The molecule has 1 atom stereocenters. The second-order valence-electron chi connectivity index (χ2n) is 5.23. The molecule has 0 bridgehead atoms. The molecular formula is C12H20N2S2. The van der Waals surface area contributed by atoms with Crippen LogP contribution in [0, 0.1) is 5.92 Å². The number of hydrogen-bond donors (Lipinski definition) is 1. The predicted molar refractivity (Wildman–Crippen MR) is 74.5 cm³/mol. The van der Waals surface area contributed by atoms with Crippen LogP contribution in [0.3, 0.4) is 0 Å². The Bertz CT molecular complexity index is 290. The quantitative estimate of drug-likeness (QED) is 0.837. The Morgan fingerprint density at radius 2 is 2.31 bits per heavy atom. The van der Waals surface area contributed by atoms with E-state index in [1.165, 1.54) is 37.3 Å². The fourth-order valence-corrected chi connectivity index (χ4v) is 4.58. The molecule has 2 aliphatic carbocycles. The van der Waals surface area contributed by atoms with Gasteiger partial charge in [0.25, 0.3) is 0 Å². The number of rotatable bonds is 4. The maximum absolute atomic E-state index is 4.63. The lowest BCUT2D eigenvalue weighted by atomic mass is 9.84. The van der Waals surface area contributed by atoms with E-state index in [-0.39, 0.29) is 0 Å². The molecule has 0 aromatic heterocycles. The minimum Gasteiger partial charge on any atom is -0.364 e. The summed E-state index contributed by atoms with van der Waals surface area (Å²) in [5, 5.41) is 5.60. The molecule has 3 aliphatic rings. The van der Waals surface area contributed by atoms with Crippen molar-refractivity contribution in [1.82, 2.24) is 5.32 Å². The molecule has 1 unspecified atom stereocenters. The molecule has 0 amide bonds. The highest BCUT2D eigenvalue weighted by Gasteiger charge is 2.38. The SMILES string of the molecule is CSC1(CNC2=NCC(C3CC3)S2)CCC1. The first-order valence-corrected chi connectivity index (χ1v) is 8.42. The fraction of sp³-hybridized carbons (Fsp3) is 0.917. The minimum absolute atomic E-state index is 0.529. The van der Waals surface area contributed by atoms with Gasteiger partial charge in [-0.3, -0.25) is 4.99 Å². The Morgan fingerprint density at radius 3 is 2.88 bits per heavy atom. The number of nitrogens with zero attached hydrogens (tertiary/aromatic N) is 1. The topological polar surface area (TPSA) is 24.4 Å². The van der Waals surface area contributed by atoms with Crippen molar-refractivity contribution in [2.24, 2.45) is 10.9 Å². The average Bonchev–Trinajstić information content (AvgIpc) is 2.98. The third-order valence-corrected chi connectivity index (χ3v) is 6.84. The van der Waals surface area contributed by atoms with Gasteiger partial charge in [-0.25, -0.2) is 0 Å². The zero-order chi connectivity index (χ0) is 11.0. The van der Waals surface area contributed by atoms with Crippen LogP contribution >= 0.6 is 23.5 Å². The molecular weight excluding hydrogens is 236 g/mol. The lowest BCUT2D eigenvalue weighted by molar-refractivity contribution is 0.362. The normalized spacial score (nSPS) is 32.1. The van der Waals surface area contributed by atoms with Crippen molar-refractivity contribution >= 4 is 28.7 Å². The van der Waals surface area contributed by atoms with Crippen LogP contribution in [0.2, 0.25) is 0 Å². The molecule has 1 heterocycles. The van der Waals surface area contributed by atoms with Gasteiger partial charge >= 0.3 is 0 Å². The van der Waals surface area contributed by atoms with Crippen molar-refractivity contribution in [1.29, 1.82) is 0 Å². The summed E-state index contributed by atoms with van der Waals surface area (Å²) in [5.74, 6) is 0.978. The zero-order valence-corrected chi connectivity index (χ0v) is 11.5. The van der Waals surface area contributed by atoms with E-state index in [0.29, 0.717) is 4.75 Å². The van der Waals surface area contributed by atoms with Crippen LogP contribution in [0.5, 0.6) is 0 Å². The molecule has 1 aliphatic heterocycles. The molecule has 1 N–H and O–H groups in total. The van der Waals surface area contributed by atoms with E-state index in [2.05, 4.69) is 16.6 Å². The smallest absolute Gasteiger partial charge is 0.156 e. The molecule has 2 fully saturated rings. The van der Waals surface area contributed by atoms with E-state index >= 15 is 0 Å². The predicted octanol–water partition coefficient (Wildman–Crippen LogP) is 2.74. The van der Waals surface area contributed by atoms with Gasteiger partial charge in [-0.05, 0) is 37.9 Å². The van der Waals surface area contributed by atoms with Gasteiger partial charge in [0.1, 0.15) is 0 Å². The third-order valence-electron chi connectivity index (χ3n) is 4.09. The molecule has 0 aromatic rings. The lowest BCUT2D eigenvalue weighted by Crippen LogP contribution is -2.44. The molecule has 0 radical (unpaired) electrons. The standard InChI is InChI=1S/C12H20N2S2/c1-15-12(5-2-6-12)8-14-11-13-7-10(16-11)9-3-4-9/h9-10H,2-8H2,1H3,(H,13,14). The summed E-state index contributed by atoms with van der Waals surface area (Å²) in [4.78, 5) is 4.63. The van der Waals surface area contributed by atoms with Crippen LogP contribution in [0.25, 0.3) is 0 Å². The highest BCUT2D eigenvalue weighted by molar-refractivity contribution is 8.14. The molecule has 90 valence electrons. The molecule has 0 spiro atoms. The Labute approximate surface area is 106 Å². The van der Waals surface area contributed by atoms with E-state index in [0.717, 1.165) is 24.3 Å². The van der Waals surface area contributed by atoms with Crippen LogP contribution in [0.15, 0.2) is 4.99 Å². The number of hydrogen-bond acceptors (Lipinski definition) is 4. The van der Waals surface area contributed by atoms with E-state index in [1.54, 1.807) is 0 Å². The third kappa shape index (κ3) is 2.23. The van der Waals surface area contributed by atoms with E-state index in [4.69, 9.17) is 0 Å². The number of aliphatic imine (C=N–C) groups is 1. The lowest BCUT2D eigenvalue weighted by Gasteiger charge is -2.40. The number of thioether (sulfide) groups is 2. The van der Waals surface area contributed by atoms with Crippen LogP contribution in [-0.2, 0) is 0 Å². The van der Waals surface area contributed by atoms with Gasteiger partial charge in [-0.15, -0.1) is 0 Å². The highest BCUT2D eigenvalue weighted by atomic mass is 32.2. The van der Waals surface area contributed by atoms with Crippen molar-refractivity contribution < 1.29 is 0 Å². The minimum atomic E-state index is 0.529. The van der Waals surface area contributed by atoms with E-state index in [1.807, 2.05) is 23.5 Å². The molecule has 16 heavy (non-hydrogen) atoms. The summed E-state index contributed by atoms with van der Waals surface area (Å²) in [5.41, 5.74) is 0. The Kier molecular flexibility index (Phi) is 3.13. The number of nitrogens with one attached hydrogen (secondary N) is 1. The van der Waals surface area contributed by atoms with Gasteiger partial charge in [0, 0.05) is 16.5 Å². The first kappa shape index (κ1) is 11.3. The van der Waals surface area contributed by atoms with E-state index < -0.39 is 0 Å². The van der Waals surface area contributed by atoms with Gasteiger partial charge < -0.3 is 5.32 Å². The van der Waals surface area contributed by atoms with Crippen molar-refractivity contribution in [3.05, 3.63) is 0 Å². The molecule has 2 nitrogen and oxygen atoms in total. The van der Waals surface area contributed by atoms with Crippen LogP contribution < -0.4 is 5.32 Å². The van der Waals surface area contributed by atoms with Gasteiger partial charge in [-0.2, -0.15) is 11.8 Å². The van der Waals surface area contributed by atoms with Crippen molar-refractivity contribution in [3.63, 3.8) is 0 Å². The van der Waals surface area contributed by atoms with Crippen LogP contribution in [0.1, 0.15) is 32.1 Å². The summed E-state index contributed by atoms with van der Waals surface area (Å²) < 4.78 is 0.529. The summed E-state index contributed by atoms with van der Waals surface area (Å²) in [7, 11) is 0. The highest BCUT2D eigenvalue weighted by Crippen LogP contribution is 2.43. The largest absolute Gasteiger partial charge is 0.364 e. The van der Waals surface area contributed by atoms with Crippen LogP contribution in [0.4, 0.5) is 0 Å². The monoisotopic (exact) mass is 256 g/mol. The first-order chi connectivity index (χ1) is 7.81. The van der Waals surface area contributed by atoms with Crippen molar-refractivity contribution in [2.45, 2.75) is 42.1 Å². The Morgan fingerprint density at radius 1 is 1.50 bits per heavy atom. The Hall–Kier alpha value is 0.170. The maximum atomic E-state index is 4.63. The molecule has 0 saturated heterocycles. The molecule has 3 rings (SSSR count). The summed E-state index contributed by atoms with van der Waals surface area (Å²) >= 11 is 4.03. The number of amidine groups is 1. The average molecular weight is 256 g/mol. The second-order valence-corrected chi connectivity index (χ2v) is 7.74. The van der Waals surface area contributed by atoms with Gasteiger partial charge in [0.2, 0.25) is 0 Å². The zero-order valence-electron chi connectivity index (χ0n) is 9.87. The molecule has 0 aromatic carbocycles. The van der Waals surface area contributed by atoms with Gasteiger partial charge in [0.15, 0.2) is 5.17 Å². The van der Waals surface area contributed by atoms with Crippen LogP contribution in [-0.4, -0.2) is 34.5 Å². The Balaban J connectivity index is 1.45. The molecule has 4 heteroatoms. The fourth-order valence-electron chi connectivity index (χ4n) is 2.46. The van der Waals surface area contributed by atoms with Gasteiger partial charge in [0.05, 0.1) is 6.54 Å². The van der Waals surface area contributed by atoms with Crippen molar-refractivity contribution in [2.75, 3.05) is 19.3 Å². The van der Waals surface area contributed by atoms with Gasteiger partial charge in [-0.1, -0.05) is 18.2 Å². The van der Waals surface area contributed by atoms with Crippen molar-refractivity contribution in [3.8, 4) is 0 Å².